The molecule has 0 fully saturated rings. The van der Waals surface area contributed by atoms with E-state index in [2.05, 4.69) is 27.8 Å². The molecule has 17 heavy (non-hydrogen) atoms. The highest BCUT2D eigenvalue weighted by atomic mass is 79.9. The van der Waals surface area contributed by atoms with Gasteiger partial charge in [-0.3, -0.25) is 4.79 Å². The Morgan fingerprint density at radius 2 is 2.18 bits per heavy atom. The van der Waals surface area contributed by atoms with E-state index >= 15 is 0 Å². The molecule has 1 aromatic carbocycles. The van der Waals surface area contributed by atoms with Crippen molar-refractivity contribution in [3.63, 3.8) is 0 Å². The van der Waals surface area contributed by atoms with Crippen molar-refractivity contribution in [1.82, 2.24) is 5.32 Å². The summed E-state index contributed by atoms with van der Waals surface area (Å²) >= 11 is 4.12. The fraction of sp³-hybridized carbons (Fsp3) is 0.182. The maximum absolute atomic E-state index is 13.2. The second kappa shape index (κ2) is 6.76. The molecule has 0 heterocycles. The molecule has 0 aliphatic heterocycles. The van der Waals surface area contributed by atoms with Gasteiger partial charge in [-0.25, -0.2) is 8.78 Å². The lowest BCUT2D eigenvalue weighted by molar-refractivity contribution is -0.118. The van der Waals surface area contributed by atoms with Gasteiger partial charge < -0.3 is 5.32 Å². The lowest BCUT2D eigenvalue weighted by Gasteiger charge is -2.04. The van der Waals surface area contributed by atoms with Crippen molar-refractivity contribution in [3.8, 4) is 0 Å². The zero-order valence-electron chi connectivity index (χ0n) is 8.80. The molecule has 0 radical (unpaired) electrons. The highest BCUT2D eigenvalue weighted by Crippen LogP contribution is 2.21. The Morgan fingerprint density at radius 1 is 1.47 bits per heavy atom. The number of thioether (sulfide) groups is 1. The molecule has 0 aliphatic carbocycles. The molecule has 1 N–H and O–H groups in total. The monoisotopic (exact) mass is 321 g/mol. The number of carbonyl (C=O) groups excluding carboxylic acids is 1. The van der Waals surface area contributed by atoms with Crippen LogP contribution in [-0.2, 0) is 4.79 Å². The topological polar surface area (TPSA) is 29.1 Å². The van der Waals surface area contributed by atoms with Crippen LogP contribution in [0.5, 0.6) is 0 Å². The second-order valence-corrected chi connectivity index (χ2v) is 5.30. The number of carbonyl (C=O) groups is 1. The van der Waals surface area contributed by atoms with Crippen LogP contribution in [0, 0.1) is 11.6 Å². The molecule has 0 atom stereocenters. The van der Waals surface area contributed by atoms with Crippen molar-refractivity contribution in [2.24, 2.45) is 0 Å². The van der Waals surface area contributed by atoms with Crippen molar-refractivity contribution >= 4 is 33.6 Å². The molecular weight excluding hydrogens is 312 g/mol. The van der Waals surface area contributed by atoms with Crippen molar-refractivity contribution in [2.75, 3.05) is 12.3 Å². The number of amides is 1. The van der Waals surface area contributed by atoms with Gasteiger partial charge in [-0.15, -0.1) is 11.8 Å². The first-order chi connectivity index (χ1) is 7.99. The van der Waals surface area contributed by atoms with Gasteiger partial charge in [-0.1, -0.05) is 22.5 Å². The first-order valence-electron chi connectivity index (χ1n) is 4.67. The van der Waals surface area contributed by atoms with Crippen molar-refractivity contribution in [1.29, 1.82) is 0 Å². The zero-order chi connectivity index (χ0) is 12.8. The minimum absolute atomic E-state index is 0.0723. The average Bonchev–Trinajstić information content (AvgIpc) is 2.25. The Labute approximate surface area is 111 Å². The normalized spacial score (nSPS) is 10.1. The van der Waals surface area contributed by atoms with Crippen LogP contribution >= 0.6 is 27.7 Å². The summed E-state index contributed by atoms with van der Waals surface area (Å²) < 4.78 is 26.5. The molecule has 1 aromatic rings. The molecule has 0 aromatic heterocycles. The maximum atomic E-state index is 13.2. The van der Waals surface area contributed by atoms with E-state index < -0.39 is 11.6 Å². The zero-order valence-corrected chi connectivity index (χ0v) is 11.2. The Bertz CT molecular complexity index is 439. The third-order valence-electron chi connectivity index (χ3n) is 1.73. The van der Waals surface area contributed by atoms with Gasteiger partial charge in [0.25, 0.3) is 0 Å². The highest BCUT2D eigenvalue weighted by molar-refractivity contribution is 9.11. The van der Waals surface area contributed by atoms with Crippen LogP contribution in [0.2, 0.25) is 0 Å². The first kappa shape index (κ1) is 14.2. The van der Waals surface area contributed by atoms with E-state index in [9.17, 15) is 13.6 Å². The van der Waals surface area contributed by atoms with Crippen LogP contribution in [0.1, 0.15) is 0 Å². The van der Waals surface area contributed by atoms with Gasteiger partial charge in [0, 0.05) is 22.0 Å². The van der Waals surface area contributed by atoms with Crippen molar-refractivity contribution in [3.05, 3.63) is 40.9 Å². The van der Waals surface area contributed by atoms with Crippen LogP contribution in [0.4, 0.5) is 8.78 Å². The van der Waals surface area contributed by atoms with Gasteiger partial charge in [-0.2, -0.15) is 0 Å². The van der Waals surface area contributed by atoms with Crippen LogP contribution in [0.3, 0.4) is 0 Å². The summed E-state index contributed by atoms with van der Waals surface area (Å²) in [7, 11) is 0. The predicted octanol–water partition coefficient (Wildman–Crippen LogP) is 3.08. The minimum atomic E-state index is -0.660. The third-order valence-corrected chi connectivity index (χ3v) is 3.06. The molecule has 0 spiro atoms. The SMILES string of the molecule is C=C(Br)CNC(=O)CSc1ccc(F)cc1F. The smallest absolute Gasteiger partial charge is 0.230 e. The number of nitrogens with one attached hydrogen (secondary N) is 1. The Balaban J connectivity index is 2.44. The number of halogens is 3. The summed E-state index contributed by atoms with van der Waals surface area (Å²) in [6, 6.07) is 3.26. The van der Waals surface area contributed by atoms with Gasteiger partial charge >= 0.3 is 0 Å². The Kier molecular flexibility index (Phi) is 5.64. The van der Waals surface area contributed by atoms with Gasteiger partial charge in [-0.05, 0) is 12.1 Å². The molecule has 2 nitrogen and oxygen atoms in total. The summed E-state index contributed by atoms with van der Waals surface area (Å²) in [4.78, 5) is 11.6. The lowest BCUT2D eigenvalue weighted by Crippen LogP contribution is -2.26. The Morgan fingerprint density at radius 3 is 2.76 bits per heavy atom. The van der Waals surface area contributed by atoms with E-state index in [1.54, 1.807) is 0 Å². The lowest BCUT2D eigenvalue weighted by atomic mass is 10.3. The number of hydrogen-bond acceptors (Lipinski definition) is 2. The van der Waals surface area contributed by atoms with E-state index in [1.807, 2.05) is 0 Å². The van der Waals surface area contributed by atoms with Gasteiger partial charge in [0.15, 0.2) is 0 Å². The van der Waals surface area contributed by atoms with E-state index in [0.29, 0.717) is 11.0 Å². The first-order valence-corrected chi connectivity index (χ1v) is 6.44. The molecule has 6 heteroatoms. The molecule has 0 aliphatic rings. The largest absolute Gasteiger partial charge is 0.351 e. The molecule has 0 unspecified atom stereocenters. The molecule has 92 valence electrons. The van der Waals surface area contributed by atoms with E-state index in [4.69, 9.17) is 0 Å². The van der Waals surface area contributed by atoms with E-state index in [1.165, 1.54) is 6.07 Å². The maximum Gasteiger partial charge on any atom is 0.230 e. The summed E-state index contributed by atoms with van der Waals surface area (Å²) in [6.07, 6.45) is 0. The number of rotatable bonds is 5. The van der Waals surface area contributed by atoms with Gasteiger partial charge in [0.05, 0.1) is 5.75 Å². The standard InChI is InChI=1S/C11H10BrF2NOS/c1-7(12)5-15-11(16)6-17-10-3-2-8(13)4-9(10)14/h2-4H,1,5-6H2,(H,15,16). The molecule has 1 amide bonds. The van der Waals surface area contributed by atoms with Crippen LogP contribution in [-0.4, -0.2) is 18.2 Å². The van der Waals surface area contributed by atoms with Crippen LogP contribution in [0.15, 0.2) is 34.2 Å². The van der Waals surface area contributed by atoms with Crippen LogP contribution < -0.4 is 5.32 Å². The quantitative estimate of drug-likeness (QED) is 0.844. The summed E-state index contributed by atoms with van der Waals surface area (Å²) in [5, 5.41) is 2.58. The van der Waals surface area contributed by atoms with Gasteiger partial charge in [0.2, 0.25) is 5.91 Å². The van der Waals surface area contributed by atoms with E-state index in [-0.39, 0.29) is 16.6 Å². The van der Waals surface area contributed by atoms with Crippen molar-refractivity contribution < 1.29 is 13.6 Å². The Hall–Kier alpha value is -0.880. The molecule has 0 saturated carbocycles. The highest BCUT2D eigenvalue weighted by Gasteiger charge is 2.07. The summed E-state index contributed by atoms with van der Waals surface area (Å²) in [6.45, 7) is 3.89. The van der Waals surface area contributed by atoms with Gasteiger partial charge in [0.1, 0.15) is 11.6 Å². The van der Waals surface area contributed by atoms with Crippen molar-refractivity contribution in [2.45, 2.75) is 4.90 Å². The summed E-state index contributed by atoms with van der Waals surface area (Å²) in [5.74, 6) is -1.46. The predicted molar refractivity (Wildman–Crippen MR) is 68.2 cm³/mol. The molecular formula is C11H10BrF2NOS. The van der Waals surface area contributed by atoms with E-state index in [0.717, 1.165) is 23.9 Å². The van der Waals surface area contributed by atoms with Crippen LogP contribution in [0.25, 0.3) is 0 Å². The minimum Gasteiger partial charge on any atom is -0.351 e. The number of hydrogen-bond donors (Lipinski definition) is 1. The summed E-state index contributed by atoms with van der Waals surface area (Å²) in [5.41, 5.74) is 0. The third kappa shape index (κ3) is 5.32. The fourth-order valence-electron chi connectivity index (χ4n) is 0.981. The fourth-order valence-corrected chi connectivity index (χ4v) is 1.87. The molecule has 1 rings (SSSR count). The number of benzene rings is 1. The second-order valence-electron chi connectivity index (χ2n) is 3.16. The molecule has 0 bridgehead atoms. The molecule has 0 saturated heterocycles. The average molecular weight is 322 g/mol.